The molecule has 0 unspecified atom stereocenters. The van der Waals surface area contributed by atoms with Crippen LogP contribution in [-0.2, 0) is 6.54 Å². The highest BCUT2D eigenvalue weighted by atomic mass is 16.1. The Morgan fingerprint density at radius 1 is 1.17 bits per heavy atom. The Bertz CT molecular complexity index is 550. The Labute approximate surface area is 107 Å². The zero-order chi connectivity index (χ0) is 13.0. The summed E-state index contributed by atoms with van der Waals surface area (Å²) in [4.78, 5) is 17.0. The predicted octanol–water partition coefficient (Wildman–Crippen LogP) is 2.62. The molecule has 2 aromatic rings. The van der Waals surface area contributed by atoms with Crippen LogP contribution in [0.1, 0.15) is 15.9 Å². The fourth-order valence-corrected chi connectivity index (χ4v) is 1.89. The first-order valence-electron chi connectivity index (χ1n) is 5.83. The molecular formula is C15H16N2O. The van der Waals surface area contributed by atoms with Gasteiger partial charge >= 0.3 is 0 Å². The number of pyridine rings is 1. The lowest BCUT2D eigenvalue weighted by atomic mass is 10.0. The molecule has 0 bridgehead atoms. The van der Waals surface area contributed by atoms with Crippen LogP contribution in [0, 0.1) is 0 Å². The third kappa shape index (κ3) is 3.02. The van der Waals surface area contributed by atoms with Crippen molar-refractivity contribution in [2.24, 2.45) is 0 Å². The lowest BCUT2D eigenvalue weighted by molar-refractivity contribution is 0.112. The van der Waals surface area contributed by atoms with Crippen LogP contribution in [0.3, 0.4) is 0 Å². The van der Waals surface area contributed by atoms with E-state index in [4.69, 9.17) is 0 Å². The van der Waals surface area contributed by atoms with E-state index in [0.717, 1.165) is 24.0 Å². The Kier molecular flexibility index (Phi) is 3.85. The Morgan fingerprint density at radius 3 is 2.72 bits per heavy atom. The molecule has 1 heterocycles. The zero-order valence-electron chi connectivity index (χ0n) is 10.6. The van der Waals surface area contributed by atoms with Crippen molar-refractivity contribution in [3.05, 3.63) is 53.9 Å². The summed E-state index contributed by atoms with van der Waals surface area (Å²) in [5, 5.41) is 0. The van der Waals surface area contributed by atoms with Crippen LogP contribution in [0.4, 0.5) is 0 Å². The van der Waals surface area contributed by atoms with Gasteiger partial charge in [0.15, 0.2) is 6.29 Å². The molecule has 0 saturated heterocycles. The highest BCUT2D eigenvalue weighted by Crippen LogP contribution is 2.20. The summed E-state index contributed by atoms with van der Waals surface area (Å²) < 4.78 is 0. The molecule has 3 heteroatoms. The lowest BCUT2D eigenvalue weighted by Crippen LogP contribution is -2.10. The van der Waals surface area contributed by atoms with Gasteiger partial charge in [-0.05, 0) is 37.4 Å². The number of nitrogens with zero attached hydrogens (tertiary/aromatic N) is 2. The maximum Gasteiger partial charge on any atom is 0.151 e. The van der Waals surface area contributed by atoms with E-state index in [0.29, 0.717) is 5.56 Å². The van der Waals surface area contributed by atoms with Crippen LogP contribution in [0.5, 0.6) is 0 Å². The molecule has 0 N–H and O–H groups in total. The van der Waals surface area contributed by atoms with E-state index in [1.54, 1.807) is 12.4 Å². The van der Waals surface area contributed by atoms with Gasteiger partial charge in [0.05, 0.1) is 0 Å². The summed E-state index contributed by atoms with van der Waals surface area (Å²) in [6.07, 6.45) is 4.17. The molecule has 2 rings (SSSR count). The van der Waals surface area contributed by atoms with Crippen molar-refractivity contribution in [2.75, 3.05) is 14.1 Å². The van der Waals surface area contributed by atoms with E-state index in [-0.39, 0.29) is 0 Å². The van der Waals surface area contributed by atoms with Gasteiger partial charge in [0.25, 0.3) is 0 Å². The maximum atomic E-state index is 10.8. The number of rotatable bonds is 4. The number of aromatic nitrogens is 1. The smallest absolute Gasteiger partial charge is 0.151 e. The third-order valence-corrected chi connectivity index (χ3v) is 2.65. The quantitative estimate of drug-likeness (QED) is 0.770. The van der Waals surface area contributed by atoms with E-state index in [1.807, 2.05) is 32.3 Å². The largest absolute Gasteiger partial charge is 0.305 e. The first kappa shape index (κ1) is 12.5. The molecule has 0 aliphatic heterocycles. The highest BCUT2D eigenvalue weighted by molar-refractivity contribution is 5.78. The van der Waals surface area contributed by atoms with Gasteiger partial charge in [-0.3, -0.25) is 9.78 Å². The van der Waals surface area contributed by atoms with Gasteiger partial charge in [0.1, 0.15) is 0 Å². The molecule has 92 valence electrons. The SMILES string of the molecule is CN(C)Cc1cccc(-c2cncc(C=O)c2)c1. The molecule has 0 aliphatic rings. The van der Waals surface area contributed by atoms with Gasteiger partial charge in [-0.25, -0.2) is 0 Å². The standard InChI is InChI=1S/C15H16N2O/c1-17(2)10-12-4-3-5-14(6-12)15-7-13(11-18)8-16-9-15/h3-9,11H,10H2,1-2H3. The fourth-order valence-electron chi connectivity index (χ4n) is 1.89. The number of aldehydes is 1. The minimum absolute atomic E-state index is 0.602. The van der Waals surface area contributed by atoms with Gasteiger partial charge in [-0.1, -0.05) is 18.2 Å². The molecule has 3 nitrogen and oxygen atoms in total. The van der Waals surface area contributed by atoms with Gasteiger partial charge in [-0.15, -0.1) is 0 Å². The molecule has 18 heavy (non-hydrogen) atoms. The molecule has 1 aromatic carbocycles. The Hall–Kier alpha value is -2.00. The van der Waals surface area contributed by atoms with Gasteiger partial charge < -0.3 is 4.90 Å². The number of hydrogen-bond acceptors (Lipinski definition) is 3. The second-order valence-corrected chi connectivity index (χ2v) is 4.56. The summed E-state index contributed by atoms with van der Waals surface area (Å²) in [5.41, 5.74) is 3.91. The Morgan fingerprint density at radius 2 is 2.00 bits per heavy atom. The van der Waals surface area contributed by atoms with Gasteiger partial charge in [-0.2, -0.15) is 0 Å². The lowest BCUT2D eigenvalue weighted by Gasteiger charge is -2.11. The number of benzene rings is 1. The zero-order valence-corrected chi connectivity index (χ0v) is 10.6. The van der Waals surface area contributed by atoms with Crippen molar-refractivity contribution in [3.63, 3.8) is 0 Å². The van der Waals surface area contributed by atoms with E-state index in [1.165, 1.54) is 5.56 Å². The van der Waals surface area contributed by atoms with Gasteiger partial charge in [0, 0.05) is 30.1 Å². The van der Waals surface area contributed by atoms with Crippen LogP contribution in [-0.4, -0.2) is 30.3 Å². The molecule has 1 aromatic heterocycles. The van der Waals surface area contributed by atoms with Crippen molar-refractivity contribution in [1.82, 2.24) is 9.88 Å². The van der Waals surface area contributed by atoms with Crippen LogP contribution in [0.15, 0.2) is 42.7 Å². The van der Waals surface area contributed by atoms with Crippen molar-refractivity contribution in [1.29, 1.82) is 0 Å². The average molecular weight is 240 g/mol. The summed E-state index contributed by atoms with van der Waals surface area (Å²) in [6, 6.07) is 10.1. The Balaban J connectivity index is 2.34. The number of carbonyl (C=O) groups excluding carboxylic acids is 1. The minimum Gasteiger partial charge on any atom is -0.305 e. The van der Waals surface area contributed by atoms with Crippen molar-refractivity contribution >= 4 is 6.29 Å². The normalized spacial score (nSPS) is 10.6. The first-order chi connectivity index (χ1) is 8.69. The fraction of sp³-hybridized carbons (Fsp3) is 0.200. The first-order valence-corrected chi connectivity index (χ1v) is 5.83. The van der Waals surface area contributed by atoms with Crippen molar-refractivity contribution < 1.29 is 4.79 Å². The van der Waals surface area contributed by atoms with Gasteiger partial charge in [0.2, 0.25) is 0 Å². The highest BCUT2D eigenvalue weighted by Gasteiger charge is 2.02. The molecule has 0 spiro atoms. The summed E-state index contributed by atoms with van der Waals surface area (Å²) in [6.45, 7) is 0.897. The molecule has 0 aliphatic carbocycles. The minimum atomic E-state index is 0.602. The van der Waals surface area contributed by atoms with E-state index >= 15 is 0 Å². The molecule has 0 radical (unpaired) electrons. The monoisotopic (exact) mass is 240 g/mol. The van der Waals surface area contributed by atoms with Crippen molar-refractivity contribution in [3.8, 4) is 11.1 Å². The molecule has 0 fully saturated rings. The van der Waals surface area contributed by atoms with E-state index in [9.17, 15) is 4.79 Å². The topological polar surface area (TPSA) is 33.2 Å². The van der Waals surface area contributed by atoms with Crippen molar-refractivity contribution in [2.45, 2.75) is 6.54 Å². The second-order valence-electron chi connectivity index (χ2n) is 4.56. The molecule has 0 saturated carbocycles. The summed E-state index contributed by atoms with van der Waals surface area (Å²) >= 11 is 0. The summed E-state index contributed by atoms with van der Waals surface area (Å²) in [7, 11) is 4.09. The predicted molar refractivity (Wildman–Crippen MR) is 72.5 cm³/mol. The van der Waals surface area contributed by atoms with Crippen LogP contribution in [0.2, 0.25) is 0 Å². The maximum absolute atomic E-state index is 10.8. The molecule has 0 atom stereocenters. The summed E-state index contributed by atoms with van der Waals surface area (Å²) in [5.74, 6) is 0. The number of hydrogen-bond donors (Lipinski definition) is 0. The van der Waals surface area contributed by atoms with Crippen LogP contribution in [0.25, 0.3) is 11.1 Å². The van der Waals surface area contributed by atoms with E-state index < -0.39 is 0 Å². The third-order valence-electron chi connectivity index (χ3n) is 2.65. The average Bonchev–Trinajstić information content (AvgIpc) is 2.38. The second kappa shape index (κ2) is 5.56. The van der Waals surface area contributed by atoms with E-state index in [2.05, 4.69) is 22.0 Å². The van der Waals surface area contributed by atoms with Crippen LogP contribution >= 0.6 is 0 Å². The van der Waals surface area contributed by atoms with Crippen LogP contribution < -0.4 is 0 Å². The molecular weight excluding hydrogens is 224 g/mol. The molecule has 0 amide bonds. The number of carbonyl (C=O) groups is 1.